The van der Waals surface area contributed by atoms with Crippen molar-refractivity contribution in [2.75, 3.05) is 13.1 Å². The Morgan fingerprint density at radius 1 is 1.50 bits per heavy atom. The molecule has 3 rings (SSSR count). The van der Waals surface area contributed by atoms with E-state index in [-0.39, 0.29) is 18.3 Å². The molecule has 1 aliphatic rings. The number of hydrogen-bond donors (Lipinski definition) is 2. The summed E-state index contributed by atoms with van der Waals surface area (Å²) in [4.78, 5) is 20.6. The van der Waals surface area contributed by atoms with Gasteiger partial charge in [-0.1, -0.05) is 12.1 Å². The largest absolute Gasteiger partial charge is 0.369 e. The van der Waals surface area contributed by atoms with Crippen LogP contribution in [0.1, 0.15) is 11.4 Å². The molecule has 20 heavy (non-hydrogen) atoms. The van der Waals surface area contributed by atoms with Crippen LogP contribution in [0.3, 0.4) is 0 Å². The third-order valence-corrected chi connectivity index (χ3v) is 3.39. The molecule has 5 nitrogen and oxygen atoms in total. The SMILES string of the molecule is NC(=O)CN1CCc2nc(-c3cccc(F)c3)[nH]c2C1. The van der Waals surface area contributed by atoms with Gasteiger partial charge in [0.1, 0.15) is 11.6 Å². The van der Waals surface area contributed by atoms with Crippen LogP contribution in [0.2, 0.25) is 0 Å². The van der Waals surface area contributed by atoms with Crippen LogP contribution in [0.25, 0.3) is 11.4 Å². The summed E-state index contributed by atoms with van der Waals surface area (Å²) < 4.78 is 13.2. The van der Waals surface area contributed by atoms with Crippen LogP contribution in [0, 0.1) is 5.82 Å². The first-order valence-electron chi connectivity index (χ1n) is 6.46. The van der Waals surface area contributed by atoms with Crippen LogP contribution >= 0.6 is 0 Å². The van der Waals surface area contributed by atoms with Crippen molar-refractivity contribution < 1.29 is 9.18 Å². The highest BCUT2D eigenvalue weighted by atomic mass is 19.1. The summed E-state index contributed by atoms with van der Waals surface area (Å²) in [7, 11) is 0. The number of imidazole rings is 1. The summed E-state index contributed by atoms with van der Waals surface area (Å²) in [6.45, 7) is 1.61. The molecule has 0 fully saturated rings. The number of benzene rings is 1. The van der Waals surface area contributed by atoms with Gasteiger partial charge < -0.3 is 10.7 Å². The van der Waals surface area contributed by atoms with E-state index in [1.165, 1.54) is 12.1 Å². The predicted molar refractivity (Wildman–Crippen MR) is 72.2 cm³/mol. The lowest BCUT2D eigenvalue weighted by molar-refractivity contribution is -0.119. The molecule has 0 saturated carbocycles. The average molecular weight is 274 g/mol. The summed E-state index contributed by atoms with van der Waals surface area (Å²) in [6.07, 6.45) is 0.758. The Kier molecular flexibility index (Phi) is 3.23. The number of primary amides is 1. The van der Waals surface area contributed by atoms with E-state index < -0.39 is 0 Å². The summed E-state index contributed by atoms with van der Waals surface area (Å²) >= 11 is 0. The monoisotopic (exact) mass is 274 g/mol. The van der Waals surface area contributed by atoms with Gasteiger partial charge in [0, 0.05) is 25.1 Å². The number of rotatable bonds is 3. The number of carbonyl (C=O) groups is 1. The van der Waals surface area contributed by atoms with Gasteiger partial charge in [-0.15, -0.1) is 0 Å². The number of H-pyrrole nitrogens is 1. The number of aromatic nitrogens is 2. The van der Waals surface area contributed by atoms with Gasteiger partial charge in [0.2, 0.25) is 5.91 Å². The maximum absolute atomic E-state index is 13.2. The normalized spacial score (nSPS) is 15.1. The maximum Gasteiger partial charge on any atom is 0.231 e. The molecule has 2 heterocycles. The molecule has 104 valence electrons. The van der Waals surface area contributed by atoms with Crippen LogP contribution in [-0.4, -0.2) is 33.9 Å². The molecule has 0 spiro atoms. The van der Waals surface area contributed by atoms with Crippen LogP contribution in [0.4, 0.5) is 4.39 Å². The Balaban J connectivity index is 1.85. The molecular formula is C14H15FN4O. The van der Waals surface area contributed by atoms with Crippen molar-refractivity contribution >= 4 is 5.91 Å². The highest BCUT2D eigenvalue weighted by Crippen LogP contribution is 2.23. The average Bonchev–Trinajstić information content (AvgIpc) is 2.81. The molecule has 0 aliphatic carbocycles. The molecule has 0 radical (unpaired) electrons. The summed E-state index contributed by atoms with van der Waals surface area (Å²) in [6, 6.07) is 6.33. The Morgan fingerprint density at radius 2 is 2.35 bits per heavy atom. The van der Waals surface area contributed by atoms with E-state index in [1.54, 1.807) is 6.07 Å². The smallest absolute Gasteiger partial charge is 0.231 e. The molecule has 1 amide bonds. The van der Waals surface area contributed by atoms with E-state index in [4.69, 9.17) is 5.73 Å². The van der Waals surface area contributed by atoms with Crippen molar-refractivity contribution in [3.63, 3.8) is 0 Å². The van der Waals surface area contributed by atoms with Crippen molar-refractivity contribution in [3.05, 3.63) is 41.5 Å². The molecule has 0 unspecified atom stereocenters. The topological polar surface area (TPSA) is 75.0 Å². The minimum Gasteiger partial charge on any atom is -0.369 e. The lowest BCUT2D eigenvalue weighted by atomic mass is 10.1. The van der Waals surface area contributed by atoms with Gasteiger partial charge in [0.25, 0.3) is 0 Å². The Labute approximate surface area is 115 Å². The third-order valence-electron chi connectivity index (χ3n) is 3.39. The first-order valence-corrected chi connectivity index (χ1v) is 6.46. The minimum absolute atomic E-state index is 0.244. The molecule has 1 aromatic carbocycles. The molecule has 3 N–H and O–H groups in total. The van der Waals surface area contributed by atoms with E-state index in [0.29, 0.717) is 12.4 Å². The molecule has 2 aromatic rings. The van der Waals surface area contributed by atoms with Crippen LogP contribution in [0.15, 0.2) is 24.3 Å². The number of amides is 1. The maximum atomic E-state index is 13.2. The quantitative estimate of drug-likeness (QED) is 0.878. The zero-order valence-corrected chi connectivity index (χ0v) is 10.9. The second kappa shape index (κ2) is 5.05. The second-order valence-corrected chi connectivity index (χ2v) is 4.95. The molecule has 1 aromatic heterocycles. The molecule has 1 aliphatic heterocycles. The minimum atomic E-state index is -0.335. The van der Waals surface area contributed by atoms with E-state index in [1.807, 2.05) is 11.0 Å². The molecule has 0 bridgehead atoms. The lowest BCUT2D eigenvalue weighted by Crippen LogP contribution is -2.37. The molecule has 6 heteroatoms. The Morgan fingerprint density at radius 3 is 3.10 bits per heavy atom. The fraction of sp³-hybridized carbons (Fsp3) is 0.286. The highest BCUT2D eigenvalue weighted by molar-refractivity contribution is 5.75. The predicted octanol–water partition coefficient (Wildman–Crippen LogP) is 1.06. The van der Waals surface area contributed by atoms with Crippen molar-refractivity contribution in [2.24, 2.45) is 5.73 Å². The number of nitrogens with one attached hydrogen (secondary N) is 1. The number of aromatic amines is 1. The van der Waals surface area contributed by atoms with Gasteiger partial charge in [-0.25, -0.2) is 9.37 Å². The van der Waals surface area contributed by atoms with Crippen LogP contribution in [0.5, 0.6) is 0 Å². The van der Waals surface area contributed by atoms with Crippen molar-refractivity contribution in [3.8, 4) is 11.4 Å². The van der Waals surface area contributed by atoms with Gasteiger partial charge in [0.15, 0.2) is 0 Å². The van der Waals surface area contributed by atoms with Gasteiger partial charge in [-0.3, -0.25) is 9.69 Å². The Hall–Kier alpha value is -2.21. The summed E-state index contributed by atoms with van der Waals surface area (Å²) in [5.74, 6) is 0.0426. The zero-order chi connectivity index (χ0) is 14.1. The summed E-state index contributed by atoms with van der Waals surface area (Å²) in [5.41, 5.74) is 7.88. The molecular weight excluding hydrogens is 259 g/mol. The van der Waals surface area contributed by atoms with E-state index in [9.17, 15) is 9.18 Å². The zero-order valence-electron chi connectivity index (χ0n) is 10.9. The van der Waals surface area contributed by atoms with Gasteiger partial charge in [-0.2, -0.15) is 0 Å². The molecule has 0 atom stereocenters. The fourth-order valence-electron chi connectivity index (χ4n) is 2.48. The third kappa shape index (κ3) is 2.55. The van der Waals surface area contributed by atoms with Gasteiger partial charge >= 0.3 is 0 Å². The number of carbonyl (C=O) groups excluding carboxylic acids is 1. The van der Waals surface area contributed by atoms with E-state index in [2.05, 4.69) is 9.97 Å². The molecule has 0 saturated heterocycles. The number of nitrogens with two attached hydrogens (primary N) is 1. The fourth-order valence-corrected chi connectivity index (χ4v) is 2.48. The van der Waals surface area contributed by atoms with Crippen LogP contribution < -0.4 is 5.73 Å². The number of fused-ring (bicyclic) bond motifs is 1. The standard InChI is InChI=1S/C14H15FN4O/c15-10-3-1-2-9(6-10)14-17-11-4-5-19(8-13(16)20)7-12(11)18-14/h1-3,6H,4-5,7-8H2,(H2,16,20)(H,17,18). The van der Waals surface area contributed by atoms with Crippen molar-refractivity contribution in [2.45, 2.75) is 13.0 Å². The Bertz CT molecular complexity index is 652. The first kappa shape index (κ1) is 12.8. The van der Waals surface area contributed by atoms with E-state index in [0.717, 1.165) is 29.9 Å². The van der Waals surface area contributed by atoms with E-state index >= 15 is 0 Å². The number of nitrogens with zero attached hydrogens (tertiary/aromatic N) is 2. The van der Waals surface area contributed by atoms with Crippen molar-refractivity contribution in [1.82, 2.24) is 14.9 Å². The van der Waals surface area contributed by atoms with Crippen molar-refractivity contribution in [1.29, 1.82) is 0 Å². The number of hydrogen-bond acceptors (Lipinski definition) is 3. The lowest BCUT2D eigenvalue weighted by Gasteiger charge is -2.24. The van der Waals surface area contributed by atoms with Gasteiger partial charge in [0.05, 0.1) is 17.9 Å². The first-order chi connectivity index (χ1) is 9.61. The summed E-state index contributed by atoms with van der Waals surface area (Å²) in [5, 5.41) is 0. The highest BCUT2D eigenvalue weighted by Gasteiger charge is 2.21. The van der Waals surface area contributed by atoms with Crippen LogP contribution in [-0.2, 0) is 17.8 Å². The number of halogens is 1. The second-order valence-electron chi connectivity index (χ2n) is 4.95. The van der Waals surface area contributed by atoms with Gasteiger partial charge in [-0.05, 0) is 12.1 Å².